The number of ether oxygens (including phenoxy) is 1. The smallest absolute Gasteiger partial charge is 0.338 e. The summed E-state index contributed by atoms with van der Waals surface area (Å²) in [5, 5.41) is 2.43. The highest BCUT2D eigenvalue weighted by atomic mass is 19.1. The maximum atomic E-state index is 12.8. The maximum Gasteiger partial charge on any atom is 0.338 e. The lowest BCUT2D eigenvalue weighted by Gasteiger charge is -2.05. The fourth-order valence-corrected chi connectivity index (χ4v) is 1.92. The molecule has 0 bridgehead atoms. The van der Waals surface area contributed by atoms with E-state index >= 15 is 0 Å². The maximum absolute atomic E-state index is 12.8. The van der Waals surface area contributed by atoms with Gasteiger partial charge >= 0.3 is 5.97 Å². The molecule has 0 heterocycles. The first kappa shape index (κ1) is 18.1. The highest BCUT2D eigenvalue weighted by Crippen LogP contribution is 2.11. The largest absolute Gasteiger partial charge is 0.462 e. The zero-order valence-electron chi connectivity index (χ0n) is 13.5. The lowest BCUT2D eigenvalue weighted by Crippen LogP contribution is -2.20. The van der Waals surface area contributed by atoms with Gasteiger partial charge in [0.25, 0.3) is 5.91 Å². The van der Waals surface area contributed by atoms with Crippen LogP contribution in [0.2, 0.25) is 0 Å². The van der Waals surface area contributed by atoms with Crippen molar-refractivity contribution in [3.8, 4) is 0 Å². The molecule has 0 spiro atoms. The number of anilines is 1. The van der Waals surface area contributed by atoms with Crippen LogP contribution in [0.5, 0.6) is 0 Å². The number of benzene rings is 2. The normalized spacial score (nSPS) is 10.5. The second-order valence-corrected chi connectivity index (χ2v) is 5.00. The van der Waals surface area contributed by atoms with E-state index in [0.717, 1.165) is 6.08 Å². The van der Waals surface area contributed by atoms with Gasteiger partial charge in [0, 0.05) is 5.69 Å². The van der Waals surface area contributed by atoms with Gasteiger partial charge in [0.1, 0.15) is 5.82 Å². The van der Waals surface area contributed by atoms with E-state index < -0.39 is 17.7 Å². The zero-order chi connectivity index (χ0) is 18.2. The van der Waals surface area contributed by atoms with Gasteiger partial charge in [0.05, 0.1) is 12.2 Å². The number of carbonyl (C=O) groups is 3. The summed E-state index contributed by atoms with van der Waals surface area (Å²) in [6.45, 7) is 1.98. The van der Waals surface area contributed by atoms with Gasteiger partial charge in [0.2, 0.25) is 5.78 Å². The van der Waals surface area contributed by atoms with Crippen LogP contribution in [0, 0.1) is 5.82 Å². The molecule has 0 saturated heterocycles. The van der Waals surface area contributed by atoms with E-state index in [1.807, 2.05) is 0 Å². The molecule has 0 aliphatic carbocycles. The molecular weight excluding hydrogens is 325 g/mol. The summed E-state index contributed by atoms with van der Waals surface area (Å²) in [6, 6.07) is 11.5. The standard InChI is InChI=1S/C19H16FNO4/c1-2-25-19(24)14-6-10-16(11-7-14)21-18(23)17(22)12-5-13-3-8-15(20)9-4-13/h3-12H,2H2,1H3,(H,21,23)/b12-5+. The summed E-state index contributed by atoms with van der Waals surface area (Å²) in [5.41, 5.74) is 1.32. The Morgan fingerprint density at radius 2 is 1.68 bits per heavy atom. The first-order chi connectivity index (χ1) is 12.0. The van der Waals surface area contributed by atoms with Crippen molar-refractivity contribution in [2.75, 3.05) is 11.9 Å². The van der Waals surface area contributed by atoms with Crippen LogP contribution in [0.3, 0.4) is 0 Å². The van der Waals surface area contributed by atoms with Crippen LogP contribution in [-0.4, -0.2) is 24.3 Å². The summed E-state index contributed by atoms with van der Waals surface area (Å²) in [4.78, 5) is 35.2. The summed E-state index contributed by atoms with van der Waals surface area (Å²) in [7, 11) is 0. The van der Waals surface area contributed by atoms with E-state index in [1.165, 1.54) is 54.6 Å². The second-order valence-electron chi connectivity index (χ2n) is 5.00. The highest BCUT2D eigenvalue weighted by Gasteiger charge is 2.11. The molecule has 25 heavy (non-hydrogen) atoms. The van der Waals surface area contributed by atoms with Crippen LogP contribution < -0.4 is 5.32 Å². The summed E-state index contributed by atoms with van der Waals surface area (Å²) >= 11 is 0. The highest BCUT2D eigenvalue weighted by molar-refractivity contribution is 6.45. The fourth-order valence-electron chi connectivity index (χ4n) is 1.92. The lowest BCUT2D eigenvalue weighted by atomic mass is 10.2. The van der Waals surface area contributed by atoms with Crippen molar-refractivity contribution in [3.63, 3.8) is 0 Å². The summed E-state index contributed by atoms with van der Waals surface area (Å²) in [6.07, 6.45) is 2.53. The molecule has 2 aromatic rings. The molecule has 0 saturated carbocycles. The Balaban J connectivity index is 1.95. The molecule has 2 rings (SSSR count). The number of hydrogen-bond donors (Lipinski definition) is 1. The number of rotatable bonds is 6. The Kier molecular flexibility index (Phi) is 6.17. The first-order valence-electron chi connectivity index (χ1n) is 7.55. The summed E-state index contributed by atoms with van der Waals surface area (Å²) < 4.78 is 17.6. The first-order valence-corrected chi connectivity index (χ1v) is 7.55. The van der Waals surface area contributed by atoms with E-state index in [1.54, 1.807) is 6.92 Å². The van der Waals surface area contributed by atoms with Crippen LogP contribution in [0.25, 0.3) is 6.08 Å². The average molecular weight is 341 g/mol. The number of amides is 1. The Morgan fingerprint density at radius 1 is 1.04 bits per heavy atom. The Labute approximate surface area is 144 Å². The Morgan fingerprint density at radius 3 is 2.28 bits per heavy atom. The monoisotopic (exact) mass is 341 g/mol. The fraction of sp³-hybridized carbons (Fsp3) is 0.105. The van der Waals surface area contributed by atoms with Crippen LogP contribution in [0.4, 0.5) is 10.1 Å². The minimum atomic E-state index is -0.817. The zero-order valence-corrected chi connectivity index (χ0v) is 13.5. The van der Waals surface area contributed by atoms with Gasteiger partial charge in [-0.2, -0.15) is 0 Å². The van der Waals surface area contributed by atoms with Gasteiger partial charge in [-0.05, 0) is 55.0 Å². The average Bonchev–Trinajstić information content (AvgIpc) is 2.61. The van der Waals surface area contributed by atoms with E-state index in [9.17, 15) is 18.8 Å². The van der Waals surface area contributed by atoms with Gasteiger partial charge in [-0.1, -0.05) is 18.2 Å². The third-order valence-corrected chi connectivity index (χ3v) is 3.17. The Bertz CT molecular complexity index is 795. The van der Waals surface area contributed by atoms with E-state index in [-0.39, 0.29) is 12.4 Å². The van der Waals surface area contributed by atoms with Crippen LogP contribution in [0.1, 0.15) is 22.8 Å². The molecule has 2 aromatic carbocycles. The third kappa shape index (κ3) is 5.39. The van der Waals surface area contributed by atoms with Crippen LogP contribution in [0.15, 0.2) is 54.6 Å². The number of nitrogens with one attached hydrogen (secondary N) is 1. The predicted octanol–water partition coefficient (Wildman–Crippen LogP) is 3.22. The molecule has 5 nitrogen and oxygen atoms in total. The van der Waals surface area contributed by atoms with Gasteiger partial charge in [-0.3, -0.25) is 9.59 Å². The van der Waals surface area contributed by atoms with Gasteiger partial charge in [0.15, 0.2) is 0 Å². The molecule has 0 aliphatic rings. The van der Waals surface area contributed by atoms with E-state index in [2.05, 4.69) is 5.32 Å². The number of ketones is 1. The van der Waals surface area contributed by atoms with Crippen LogP contribution in [-0.2, 0) is 14.3 Å². The van der Waals surface area contributed by atoms with Crippen molar-refractivity contribution < 1.29 is 23.5 Å². The third-order valence-electron chi connectivity index (χ3n) is 3.17. The van der Waals surface area contributed by atoms with Crippen molar-refractivity contribution in [2.45, 2.75) is 6.92 Å². The molecule has 128 valence electrons. The minimum absolute atomic E-state index is 0.270. The molecular formula is C19H16FNO4. The molecule has 0 unspecified atom stereocenters. The van der Waals surface area contributed by atoms with E-state index in [0.29, 0.717) is 16.8 Å². The molecule has 6 heteroatoms. The Hall–Kier alpha value is -3.28. The van der Waals surface area contributed by atoms with Crippen molar-refractivity contribution in [2.24, 2.45) is 0 Å². The summed E-state index contributed by atoms with van der Waals surface area (Å²) in [5.74, 6) is -2.41. The topological polar surface area (TPSA) is 72.5 Å². The quantitative estimate of drug-likeness (QED) is 0.497. The minimum Gasteiger partial charge on any atom is -0.462 e. The van der Waals surface area contributed by atoms with Gasteiger partial charge in [-0.15, -0.1) is 0 Å². The molecule has 1 N–H and O–H groups in total. The van der Waals surface area contributed by atoms with Crippen molar-refractivity contribution >= 4 is 29.4 Å². The molecule has 0 fully saturated rings. The molecule has 0 radical (unpaired) electrons. The van der Waals surface area contributed by atoms with Crippen molar-refractivity contribution in [3.05, 3.63) is 71.6 Å². The van der Waals surface area contributed by atoms with E-state index in [4.69, 9.17) is 4.74 Å². The number of carbonyl (C=O) groups excluding carboxylic acids is 3. The van der Waals surface area contributed by atoms with Crippen LogP contribution >= 0.6 is 0 Å². The second kappa shape index (κ2) is 8.54. The van der Waals surface area contributed by atoms with Gasteiger partial charge in [-0.25, -0.2) is 9.18 Å². The number of halogens is 1. The molecule has 0 aromatic heterocycles. The molecule has 1 amide bonds. The van der Waals surface area contributed by atoms with Gasteiger partial charge < -0.3 is 10.1 Å². The number of hydrogen-bond acceptors (Lipinski definition) is 4. The molecule has 0 atom stereocenters. The number of esters is 1. The predicted molar refractivity (Wildman–Crippen MR) is 91.5 cm³/mol. The molecule has 0 aliphatic heterocycles. The lowest BCUT2D eigenvalue weighted by molar-refractivity contribution is -0.131. The van der Waals surface area contributed by atoms with Crippen molar-refractivity contribution in [1.29, 1.82) is 0 Å². The van der Waals surface area contributed by atoms with Crippen molar-refractivity contribution in [1.82, 2.24) is 0 Å². The SMILES string of the molecule is CCOC(=O)c1ccc(NC(=O)C(=O)/C=C/c2ccc(F)cc2)cc1.